The van der Waals surface area contributed by atoms with Gasteiger partial charge in [-0.2, -0.15) is 0 Å². The maximum atomic E-state index is 11.5. The lowest BCUT2D eigenvalue weighted by atomic mass is 9.90. The Hall–Kier alpha value is -0.960. The Morgan fingerprint density at radius 1 is 1.31 bits per heavy atom. The van der Waals surface area contributed by atoms with Crippen LogP contribution in [0.4, 0.5) is 0 Å². The fourth-order valence-electron chi connectivity index (χ4n) is 2.58. The van der Waals surface area contributed by atoms with Crippen molar-refractivity contribution in [3.63, 3.8) is 0 Å². The van der Waals surface area contributed by atoms with Crippen molar-refractivity contribution < 1.29 is 4.79 Å². The predicted molar refractivity (Wildman–Crippen MR) is 65.2 cm³/mol. The van der Waals surface area contributed by atoms with Gasteiger partial charge in [0.1, 0.15) is 0 Å². The maximum Gasteiger partial charge on any atom is 0.231 e. The normalized spacial score (nSPS) is 28.5. The van der Waals surface area contributed by atoms with Gasteiger partial charge in [0.2, 0.25) is 5.91 Å². The van der Waals surface area contributed by atoms with E-state index in [0.717, 1.165) is 12.3 Å². The highest BCUT2D eigenvalue weighted by atomic mass is 32.2. The lowest BCUT2D eigenvalue weighted by Crippen LogP contribution is -2.37. The van der Waals surface area contributed by atoms with Gasteiger partial charge in [0, 0.05) is 4.90 Å². The molecule has 0 radical (unpaired) electrons. The van der Waals surface area contributed by atoms with Crippen LogP contribution < -0.4 is 5.73 Å². The highest BCUT2D eigenvalue weighted by molar-refractivity contribution is 8.00. The second-order valence-electron chi connectivity index (χ2n) is 4.75. The van der Waals surface area contributed by atoms with Gasteiger partial charge in [-0.15, -0.1) is 11.8 Å². The van der Waals surface area contributed by atoms with E-state index in [1.165, 1.54) is 23.3 Å². The fraction of sp³-hybridized carbons (Fsp3) is 0.462. The SMILES string of the molecule is NC(=O)C1Sc2ccccc2CC1C1CC1. The Bertz CT molecular complexity index is 428. The van der Waals surface area contributed by atoms with Crippen LogP contribution >= 0.6 is 11.8 Å². The number of fused-ring (bicyclic) bond motifs is 1. The second kappa shape index (κ2) is 3.81. The van der Waals surface area contributed by atoms with Gasteiger partial charge in [0.25, 0.3) is 0 Å². The van der Waals surface area contributed by atoms with Gasteiger partial charge in [-0.3, -0.25) is 4.79 Å². The van der Waals surface area contributed by atoms with Crippen LogP contribution in [-0.2, 0) is 11.2 Å². The minimum Gasteiger partial charge on any atom is -0.369 e. The molecule has 1 saturated carbocycles. The Balaban J connectivity index is 1.93. The minimum atomic E-state index is -0.142. The van der Waals surface area contributed by atoms with Crippen LogP contribution in [0.15, 0.2) is 29.2 Å². The molecule has 2 nitrogen and oxygen atoms in total. The smallest absolute Gasteiger partial charge is 0.231 e. The molecule has 3 rings (SSSR count). The van der Waals surface area contributed by atoms with E-state index in [0.29, 0.717) is 5.92 Å². The second-order valence-corrected chi connectivity index (χ2v) is 5.94. The van der Waals surface area contributed by atoms with Gasteiger partial charge in [-0.1, -0.05) is 18.2 Å². The summed E-state index contributed by atoms with van der Waals surface area (Å²) >= 11 is 1.67. The summed E-state index contributed by atoms with van der Waals surface area (Å²) in [4.78, 5) is 12.7. The van der Waals surface area contributed by atoms with Crippen molar-refractivity contribution in [3.05, 3.63) is 29.8 Å². The van der Waals surface area contributed by atoms with Gasteiger partial charge < -0.3 is 5.73 Å². The number of benzene rings is 1. The van der Waals surface area contributed by atoms with Gasteiger partial charge in [-0.25, -0.2) is 0 Å². The Labute approximate surface area is 99.6 Å². The summed E-state index contributed by atoms with van der Waals surface area (Å²) in [6.07, 6.45) is 3.58. The summed E-state index contributed by atoms with van der Waals surface area (Å²) in [5.41, 5.74) is 6.91. The van der Waals surface area contributed by atoms with Crippen molar-refractivity contribution in [1.82, 2.24) is 0 Å². The zero-order chi connectivity index (χ0) is 11.1. The summed E-state index contributed by atoms with van der Waals surface area (Å²) in [6.45, 7) is 0. The topological polar surface area (TPSA) is 43.1 Å². The highest BCUT2D eigenvalue weighted by Crippen LogP contribution is 2.48. The molecule has 84 valence electrons. The quantitative estimate of drug-likeness (QED) is 0.851. The average Bonchev–Trinajstić information content (AvgIpc) is 3.11. The monoisotopic (exact) mass is 233 g/mol. The first-order valence-electron chi connectivity index (χ1n) is 5.79. The first kappa shape index (κ1) is 10.2. The number of amides is 1. The summed E-state index contributed by atoms with van der Waals surface area (Å²) in [6, 6.07) is 8.38. The zero-order valence-corrected chi connectivity index (χ0v) is 9.87. The third-order valence-electron chi connectivity index (χ3n) is 3.58. The number of carbonyl (C=O) groups excluding carboxylic acids is 1. The predicted octanol–water partition coefficient (Wildman–Crippen LogP) is 2.21. The molecule has 1 aliphatic carbocycles. The molecule has 1 heterocycles. The van der Waals surface area contributed by atoms with Crippen LogP contribution in [0.5, 0.6) is 0 Å². The molecule has 0 aromatic heterocycles. The third kappa shape index (κ3) is 1.73. The Kier molecular flexibility index (Phi) is 2.43. The summed E-state index contributed by atoms with van der Waals surface area (Å²) < 4.78 is 0. The molecule has 2 N–H and O–H groups in total. The van der Waals surface area contributed by atoms with Crippen molar-refractivity contribution >= 4 is 17.7 Å². The first-order chi connectivity index (χ1) is 7.75. The molecule has 2 atom stereocenters. The first-order valence-corrected chi connectivity index (χ1v) is 6.67. The molecule has 2 aliphatic rings. The number of primary amides is 1. The molecule has 1 aromatic carbocycles. The fourth-order valence-corrected chi connectivity index (χ4v) is 3.92. The van der Waals surface area contributed by atoms with Crippen LogP contribution in [0, 0.1) is 11.8 Å². The Morgan fingerprint density at radius 2 is 2.06 bits per heavy atom. The van der Waals surface area contributed by atoms with Crippen molar-refractivity contribution in [2.75, 3.05) is 0 Å². The van der Waals surface area contributed by atoms with E-state index in [4.69, 9.17) is 5.73 Å². The molecule has 1 amide bonds. The molecule has 16 heavy (non-hydrogen) atoms. The Morgan fingerprint density at radius 3 is 2.75 bits per heavy atom. The van der Waals surface area contributed by atoms with Crippen molar-refractivity contribution in [2.45, 2.75) is 29.4 Å². The number of thioether (sulfide) groups is 1. The number of hydrogen-bond acceptors (Lipinski definition) is 2. The summed E-state index contributed by atoms with van der Waals surface area (Å²) in [7, 11) is 0. The van der Waals surface area contributed by atoms with Crippen LogP contribution in [0.1, 0.15) is 18.4 Å². The largest absolute Gasteiger partial charge is 0.369 e. The van der Waals surface area contributed by atoms with E-state index in [2.05, 4.69) is 18.2 Å². The van der Waals surface area contributed by atoms with E-state index in [1.54, 1.807) is 11.8 Å². The van der Waals surface area contributed by atoms with Crippen LogP contribution in [0.25, 0.3) is 0 Å². The lowest BCUT2D eigenvalue weighted by Gasteiger charge is -2.30. The van der Waals surface area contributed by atoms with Crippen molar-refractivity contribution in [3.8, 4) is 0 Å². The molecule has 1 aromatic rings. The maximum absolute atomic E-state index is 11.5. The zero-order valence-electron chi connectivity index (χ0n) is 9.06. The number of rotatable bonds is 2. The average molecular weight is 233 g/mol. The van der Waals surface area contributed by atoms with Crippen LogP contribution in [0.2, 0.25) is 0 Å². The van der Waals surface area contributed by atoms with Gasteiger partial charge in [0.15, 0.2) is 0 Å². The molecule has 3 heteroatoms. The molecule has 0 bridgehead atoms. The molecule has 1 fully saturated rings. The van der Waals surface area contributed by atoms with Crippen molar-refractivity contribution in [1.29, 1.82) is 0 Å². The van der Waals surface area contributed by atoms with Gasteiger partial charge in [-0.05, 0) is 42.7 Å². The molecular weight excluding hydrogens is 218 g/mol. The summed E-state index contributed by atoms with van der Waals surface area (Å²) in [5.74, 6) is 1.06. The van der Waals surface area contributed by atoms with E-state index in [-0.39, 0.29) is 11.2 Å². The third-order valence-corrected chi connectivity index (χ3v) is 5.07. The highest BCUT2D eigenvalue weighted by Gasteiger charge is 2.42. The number of hydrogen-bond donors (Lipinski definition) is 1. The molecule has 0 spiro atoms. The standard InChI is InChI=1S/C13H15NOS/c14-13(15)12-10(8-5-6-8)7-9-3-1-2-4-11(9)16-12/h1-4,8,10,12H,5-7H2,(H2,14,15). The van der Waals surface area contributed by atoms with Crippen LogP contribution in [-0.4, -0.2) is 11.2 Å². The molecule has 0 saturated heterocycles. The molecule has 1 aliphatic heterocycles. The lowest BCUT2D eigenvalue weighted by molar-refractivity contribution is -0.118. The van der Waals surface area contributed by atoms with E-state index in [9.17, 15) is 4.79 Å². The van der Waals surface area contributed by atoms with E-state index < -0.39 is 0 Å². The summed E-state index contributed by atoms with van der Waals surface area (Å²) in [5, 5.41) is -0.0117. The van der Waals surface area contributed by atoms with Gasteiger partial charge in [0.05, 0.1) is 5.25 Å². The van der Waals surface area contributed by atoms with E-state index >= 15 is 0 Å². The minimum absolute atomic E-state index is 0.0117. The van der Waals surface area contributed by atoms with Gasteiger partial charge >= 0.3 is 0 Å². The number of nitrogens with two attached hydrogens (primary N) is 1. The van der Waals surface area contributed by atoms with Crippen molar-refractivity contribution in [2.24, 2.45) is 17.6 Å². The molecular formula is C13H15NOS. The van der Waals surface area contributed by atoms with E-state index in [1.807, 2.05) is 6.07 Å². The van der Waals surface area contributed by atoms with Crippen LogP contribution in [0.3, 0.4) is 0 Å². The number of carbonyl (C=O) groups is 1. The molecule has 2 unspecified atom stereocenters.